The van der Waals surface area contributed by atoms with Crippen molar-refractivity contribution < 1.29 is 4.74 Å². The molecule has 0 fully saturated rings. The van der Waals surface area contributed by atoms with Crippen LogP contribution in [0.15, 0.2) is 0 Å². The molecule has 0 aromatic carbocycles. The molecule has 1 N–H and O–H groups in total. The van der Waals surface area contributed by atoms with Gasteiger partial charge in [0, 0.05) is 19.8 Å². The summed E-state index contributed by atoms with van der Waals surface area (Å²) in [5.41, 5.74) is 0. The van der Waals surface area contributed by atoms with Gasteiger partial charge in [-0.05, 0) is 19.9 Å². The van der Waals surface area contributed by atoms with Crippen LogP contribution in [0.3, 0.4) is 0 Å². The standard InChI is InChI=1S/C8H16N2O/c1-8(4-5-9)10-6-3-7-11-2/h8,10H,3-4,6-7H2,1-2H3. The Morgan fingerprint density at radius 1 is 1.64 bits per heavy atom. The maximum absolute atomic E-state index is 8.32. The van der Waals surface area contributed by atoms with Crippen LogP contribution in [0, 0.1) is 11.3 Å². The second kappa shape index (κ2) is 7.52. The Labute approximate surface area is 68.3 Å². The highest BCUT2D eigenvalue weighted by molar-refractivity contribution is 4.76. The molecule has 11 heavy (non-hydrogen) atoms. The van der Waals surface area contributed by atoms with Crippen LogP contribution in [0.2, 0.25) is 0 Å². The average molecular weight is 156 g/mol. The van der Waals surface area contributed by atoms with Crippen molar-refractivity contribution in [1.29, 1.82) is 5.26 Å². The molecule has 0 aliphatic carbocycles. The number of methoxy groups -OCH3 is 1. The van der Waals surface area contributed by atoms with E-state index < -0.39 is 0 Å². The van der Waals surface area contributed by atoms with Gasteiger partial charge in [-0.1, -0.05) is 0 Å². The molecule has 0 aromatic heterocycles. The van der Waals surface area contributed by atoms with Crippen LogP contribution in [0.5, 0.6) is 0 Å². The second-order valence-corrected chi connectivity index (χ2v) is 2.56. The van der Waals surface area contributed by atoms with E-state index in [1.807, 2.05) is 6.92 Å². The van der Waals surface area contributed by atoms with Gasteiger partial charge < -0.3 is 10.1 Å². The van der Waals surface area contributed by atoms with Gasteiger partial charge in [-0.3, -0.25) is 0 Å². The van der Waals surface area contributed by atoms with Crippen LogP contribution in [0.25, 0.3) is 0 Å². The molecule has 0 radical (unpaired) electrons. The molecule has 0 heterocycles. The van der Waals surface area contributed by atoms with E-state index in [-0.39, 0.29) is 0 Å². The molecule has 0 saturated heterocycles. The highest BCUT2D eigenvalue weighted by atomic mass is 16.5. The van der Waals surface area contributed by atoms with Crippen LogP contribution >= 0.6 is 0 Å². The third-order valence-corrected chi connectivity index (χ3v) is 1.42. The minimum atomic E-state index is 0.303. The fraction of sp³-hybridized carbons (Fsp3) is 0.875. The van der Waals surface area contributed by atoms with Crippen molar-refractivity contribution in [1.82, 2.24) is 5.32 Å². The summed E-state index contributed by atoms with van der Waals surface area (Å²) in [6.45, 7) is 3.72. The third-order valence-electron chi connectivity index (χ3n) is 1.42. The Morgan fingerprint density at radius 3 is 2.91 bits per heavy atom. The summed E-state index contributed by atoms with van der Waals surface area (Å²) in [5, 5.41) is 11.5. The molecule has 1 unspecified atom stereocenters. The molecule has 0 aliphatic rings. The van der Waals surface area contributed by atoms with E-state index in [1.165, 1.54) is 0 Å². The lowest BCUT2D eigenvalue weighted by Gasteiger charge is -2.08. The third kappa shape index (κ3) is 7.31. The molecule has 3 nitrogen and oxygen atoms in total. The summed E-state index contributed by atoms with van der Waals surface area (Å²) in [4.78, 5) is 0. The molecule has 1 atom stereocenters. The van der Waals surface area contributed by atoms with Crippen molar-refractivity contribution in [3.8, 4) is 6.07 Å². The first kappa shape index (κ1) is 10.4. The lowest BCUT2D eigenvalue weighted by Crippen LogP contribution is -2.27. The van der Waals surface area contributed by atoms with Gasteiger partial charge in [-0.15, -0.1) is 0 Å². The maximum atomic E-state index is 8.32. The molecule has 0 spiro atoms. The van der Waals surface area contributed by atoms with Crippen molar-refractivity contribution >= 4 is 0 Å². The number of hydrogen-bond acceptors (Lipinski definition) is 3. The van der Waals surface area contributed by atoms with E-state index in [0.29, 0.717) is 12.5 Å². The van der Waals surface area contributed by atoms with Crippen molar-refractivity contribution in [2.24, 2.45) is 0 Å². The van der Waals surface area contributed by atoms with Crippen LogP contribution in [-0.2, 0) is 4.74 Å². The summed E-state index contributed by atoms with van der Waals surface area (Å²) >= 11 is 0. The van der Waals surface area contributed by atoms with Crippen molar-refractivity contribution in [2.45, 2.75) is 25.8 Å². The van der Waals surface area contributed by atoms with Crippen molar-refractivity contribution in [2.75, 3.05) is 20.3 Å². The van der Waals surface area contributed by atoms with Crippen LogP contribution in [0.1, 0.15) is 19.8 Å². The predicted octanol–water partition coefficient (Wildman–Crippen LogP) is 0.915. The Morgan fingerprint density at radius 2 is 2.36 bits per heavy atom. The first-order valence-electron chi connectivity index (χ1n) is 3.90. The molecular weight excluding hydrogens is 140 g/mol. The van der Waals surface area contributed by atoms with E-state index in [4.69, 9.17) is 10.00 Å². The zero-order valence-corrected chi connectivity index (χ0v) is 7.26. The number of hydrogen-bond donors (Lipinski definition) is 1. The molecule has 0 aromatic rings. The number of ether oxygens (including phenoxy) is 1. The number of nitrogens with one attached hydrogen (secondary N) is 1. The summed E-state index contributed by atoms with van der Waals surface area (Å²) in [6.07, 6.45) is 1.58. The fourth-order valence-electron chi connectivity index (χ4n) is 0.774. The van der Waals surface area contributed by atoms with Gasteiger partial charge in [0.15, 0.2) is 0 Å². The Kier molecular flexibility index (Phi) is 7.11. The Balaban J connectivity index is 3.05. The molecule has 0 aliphatic heterocycles. The zero-order chi connectivity index (χ0) is 8.53. The van der Waals surface area contributed by atoms with Gasteiger partial charge >= 0.3 is 0 Å². The maximum Gasteiger partial charge on any atom is 0.0638 e. The number of rotatable bonds is 6. The first-order valence-corrected chi connectivity index (χ1v) is 3.90. The van der Waals surface area contributed by atoms with Gasteiger partial charge in [-0.25, -0.2) is 0 Å². The number of nitrogens with zero attached hydrogens (tertiary/aromatic N) is 1. The molecular formula is C8H16N2O. The highest BCUT2D eigenvalue weighted by Gasteiger charge is 1.97. The first-order chi connectivity index (χ1) is 5.31. The van der Waals surface area contributed by atoms with Crippen LogP contribution in [0.4, 0.5) is 0 Å². The van der Waals surface area contributed by atoms with E-state index in [2.05, 4.69) is 11.4 Å². The van der Waals surface area contributed by atoms with Gasteiger partial charge in [0.25, 0.3) is 0 Å². The summed E-state index contributed by atoms with van der Waals surface area (Å²) in [6, 6.07) is 2.42. The van der Waals surface area contributed by atoms with Gasteiger partial charge in [-0.2, -0.15) is 5.26 Å². The summed E-state index contributed by atoms with van der Waals surface area (Å²) in [5.74, 6) is 0. The normalized spacial score (nSPS) is 12.5. The number of nitriles is 1. The topological polar surface area (TPSA) is 45.0 Å². The Bertz CT molecular complexity index is 120. The molecule has 0 bridgehead atoms. The van der Waals surface area contributed by atoms with Crippen LogP contribution < -0.4 is 5.32 Å². The van der Waals surface area contributed by atoms with E-state index in [0.717, 1.165) is 19.6 Å². The monoisotopic (exact) mass is 156 g/mol. The molecule has 0 saturated carbocycles. The highest BCUT2D eigenvalue weighted by Crippen LogP contribution is 1.87. The van der Waals surface area contributed by atoms with E-state index in [1.54, 1.807) is 7.11 Å². The van der Waals surface area contributed by atoms with Gasteiger partial charge in [0.1, 0.15) is 0 Å². The van der Waals surface area contributed by atoms with Crippen molar-refractivity contribution in [3.63, 3.8) is 0 Å². The Hall–Kier alpha value is -0.590. The SMILES string of the molecule is COCCCNC(C)CC#N. The summed E-state index contributed by atoms with van der Waals surface area (Å²) < 4.78 is 4.88. The fourth-order valence-corrected chi connectivity index (χ4v) is 0.774. The largest absolute Gasteiger partial charge is 0.385 e. The smallest absolute Gasteiger partial charge is 0.0638 e. The van der Waals surface area contributed by atoms with Crippen molar-refractivity contribution in [3.05, 3.63) is 0 Å². The van der Waals surface area contributed by atoms with Gasteiger partial charge in [0.05, 0.1) is 12.5 Å². The second-order valence-electron chi connectivity index (χ2n) is 2.56. The molecule has 0 rings (SSSR count). The van der Waals surface area contributed by atoms with Gasteiger partial charge in [0.2, 0.25) is 0 Å². The van der Waals surface area contributed by atoms with E-state index in [9.17, 15) is 0 Å². The summed E-state index contributed by atoms with van der Waals surface area (Å²) in [7, 11) is 1.69. The lowest BCUT2D eigenvalue weighted by atomic mass is 10.2. The molecule has 64 valence electrons. The lowest BCUT2D eigenvalue weighted by molar-refractivity contribution is 0.193. The minimum absolute atomic E-state index is 0.303. The van der Waals surface area contributed by atoms with E-state index >= 15 is 0 Å². The minimum Gasteiger partial charge on any atom is -0.385 e. The average Bonchev–Trinajstić information content (AvgIpc) is 1.99. The zero-order valence-electron chi connectivity index (χ0n) is 7.26. The predicted molar refractivity (Wildman–Crippen MR) is 44.2 cm³/mol. The molecule has 0 amide bonds. The quantitative estimate of drug-likeness (QED) is 0.581. The molecule has 3 heteroatoms. The van der Waals surface area contributed by atoms with Crippen LogP contribution in [-0.4, -0.2) is 26.3 Å².